The first-order valence-corrected chi connectivity index (χ1v) is 11.4. The molecule has 0 bridgehead atoms. The molecule has 0 unspecified atom stereocenters. The van der Waals surface area contributed by atoms with E-state index in [1.807, 2.05) is 60.8 Å². The zero-order valence-electron chi connectivity index (χ0n) is 18.7. The summed E-state index contributed by atoms with van der Waals surface area (Å²) in [6, 6.07) is 18.3. The first kappa shape index (κ1) is 21.1. The number of hydrogen-bond donors (Lipinski definition) is 1. The lowest BCUT2D eigenvalue weighted by Crippen LogP contribution is -2.26. The highest BCUT2D eigenvalue weighted by atomic mass is 16.5. The zero-order valence-corrected chi connectivity index (χ0v) is 18.7. The summed E-state index contributed by atoms with van der Waals surface area (Å²) < 4.78 is 5.45. The number of benzene rings is 1. The minimum atomic E-state index is 0.363. The molecule has 6 nitrogen and oxygen atoms in total. The second-order valence-corrected chi connectivity index (χ2v) is 8.35. The van der Waals surface area contributed by atoms with Gasteiger partial charge in [-0.05, 0) is 80.3 Å². The molecule has 4 aromatic rings. The Hall–Kier alpha value is -3.80. The van der Waals surface area contributed by atoms with Crippen LogP contribution >= 0.6 is 0 Å². The highest BCUT2D eigenvalue weighted by Gasteiger charge is 2.24. The Morgan fingerprint density at radius 2 is 1.70 bits per heavy atom. The first-order chi connectivity index (χ1) is 16.3. The SMILES string of the molecule is COc1ccc2nc(/C=C/c3ccccn3)nc(NC3CCC(c4ccccn4)CC3)c2c1. The largest absolute Gasteiger partial charge is 0.497 e. The van der Waals surface area contributed by atoms with Crippen molar-refractivity contribution in [1.29, 1.82) is 0 Å². The molecule has 3 aromatic heterocycles. The lowest BCUT2D eigenvalue weighted by atomic mass is 9.84. The summed E-state index contributed by atoms with van der Waals surface area (Å²) in [6.45, 7) is 0. The van der Waals surface area contributed by atoms with Crippen LogP contribution in [0.3, 0.4) is 0 Å². The van der Waals surface area contributed by atoms with Gasteiger partial charge in [0.05, 0.1) is 18.3 Å². The third kappa shape index (κ3) is 5.00. The molecule has 166 valence electrons. The van der Waals surface area contributed by atoms with Gasteiger partial charge in [-0.15, -0.1) is 0 Å². The van der Waals surface area contributed by atoms with Crippen molar-refractivity contribution in [2.24, 2.45) is 0 Å². The lowest BCUT2D eigenvalue weighted by Gasteiger charge is -2.29. The van der Waals surface area contributed by atoms with E-state index in [1.54, 1.807) is 13.3 Å². The van der Waals surface area contributed by atoms with Gasteiger partial charge in [-0.1, -0.05) is 12.1 Å². The minimum Gasteiger partial charge on any atom is -0.497 e. The molecule has 0 atom stereocenters. The lowest BCUT2D eigenvalue weighted by molar-refractivity contribution is 0.406. The fourth-order valence-corrected chi connectivity index (χ4v) is 4.42. The van der Waals surface area contributed by atoms with Gasteiger partial charge < -0.3 is 10.1 Å². The van der Waals surface area contributed by atoms with Crippen molar-refractivity contribution >= 4 is 28.9 Å². The van der Waals surface area contributed by atoms with E-state index in [2.05, 4.69) is 27.4 Å². The summed E-state index contributed by atoms with van der Waals surface area (Å²) in [5.41, 5.74) is 2.96. The van der Waals surface area contributed by atoms with Gasteiger partial charge in [0, 0.05) is 35.4 Å². The average Bonchev–Trinajstić information content (AvgIpc) is 2.89. The molecule has 6 heteroatoms. The van der Waals surface area contributed by atoms with Crippen LogP contribution in [0.1, 0.15) is 48.8 Å². The van der Waals surface area contributed by atoms with Crippen LogP contribution in [0.4, 0.5) is 5.82 Å². The maximum absolute atomic E-state index is 5.45. The Bertz CT molecular complexity index is 1240. The van der Waals surface area contributed by atoms with E-state index in [-0.39, 0.29) is 0 Å². The first-order valence-electron chi connectivity index (χ1n) is 11.4. The van der Waals surface area contributed by atoms with Crippen molar-refractivity contribution in [3.8, 4) is 5.75 Å². The number of aromatic nitrogens is 4. The Balaban J connectivity index is 1.39. The van der Waals surface area contributed by atoms with E-state index in [4.69, 9.17) is 14.7 Å². The van der Waals surface area contributed by atoms with E-state index < -0.39 is 0 Å². The van der Waals surface area contributed by atoms with Crippen LogP contribution in [0.25, 0.3) is 23.1 Å². The molecule has 0 aliphatic heterocycles. The van der Waals surface area contributed by atoms with Gasteiger partial charge in [0.25, 0.3) is 0 Å². The number of ether oxygens (including phenoxy) is 1. The summed E-state index contributed by atoms with van der Waals surface area (Å²) in [6.07, 6.45) is 11.9. The summed E-state index contributed by atoms with van der Waals surface area (Å²) in [5.74, 6) is 2.83. The van der Waals surface area contributed by atoms with Crippen molar-refractivity contribution < 1.29 is 4.74 Å². The molecule has 1 fully saturated rings. The predicted octanol–water partition coefficient (Wildman–Crippen LogP) is 5.74. The number of pyridine rings is 2. The minimum absolute atomic E-state index is 0.363. The van der Waals surface area contributed by atoms with Gasteiger partial charge in [-0.3, -0.25) is 9.97 Å². The van der Waals surface area contributed by atoms with Gasteiger partial charge in [-0.2, -0.15) is 0 Å². The average molecular weight is 438 g/mol. The van der Waals surface area contributed by atoms with Crippen molar-refractivity contribution in [2.75, 3.05) is 12.4 Å². The van der Waals surface area contributed by atoms with Crippen LogP contribution < -0.4 is 10.1 Å². The van der Waals surface area contributed by atoms with Crippen molar-refractivity contribution in [3.05, 3.63) is 84.2 Å². The van der Waals surface area contributed by atoms with E-state index in [0.717, 1.165) is 53.8 Å². The normalized spacial score (nSPS) is 18.5. The maximum Gasteiger partial charge on any atom is 0.155 e. The molecule has 33 heavy (non-hydrogen) atoms. The second kappa shape index (κ2) is 9.77. The van der Waals surface area contributed by atoms with Crippen LogP contribution in [0.15, 0.2) is 67.0 Å². The molecule has 1 aromatic carbocycles. The number of nitrogens with zero attached hydrogens (tertiary/aromatic N) is 4. The molecule has 0 radical (unpaired) electrons. The van der Waals surface area contributed by atoms with E-state index in [9.17, 15) is 0 Å². The highest BCUT2D eigenvalue weighted by Crippen LogP contribution is 2.34. The van der Waals surface area contributed by atoms with Crippen LogP contribution in [0.5, 0.6) is 5.75 Å². The summed E-state index contributed by atoms with van der Waals surface area (Å²) >= 11 is 0. The van der Waals surface area contributed by atoms with Gasteiger partial charge in [0.2, 0.25) is 0 Å². The molecular formula is C27H27N5O. The topological polar surface area (TPSA) is 72.8 Å². The molecule has 3 heterocycles. The van der Waals surface area contributed by atoms with E-state index in [0.29, 0.717) is 17.8 Å². The van der Waals surface area contributed by atoms with Gasteiger partial charge in [-0.25, -0.2) is 9.97 Å². The molecule has 5 rings (SSSR count). The third-order valence-corrected chi connectivity index (χ3v) is 6.19. The Kier molecular flexibility index (Phi) is 6.24. The Morgan fingerprint density at radius 1 is 0.879 bits per heavy atom. The fraction of sp³-hybridized carbons (Fsp3) is 0.259. The number of anilines is 1. The van der Waals surface area contributed by atoms with Crippen molar-refractivity contribution in [1.82, 2.24) is 19.9 Å². The molecule has 1 aliphatic rings. The monoisotopic (exact) mass is 437 g/mol. The maximum atomic E-state index is 5.45. The predicted molar refractivity (Wildman–Crippen MR) is 132 cm³/mol. The zero-order chi connectivity index (χ0) is 22.5. The highest BCUT2D eigenvalue weighted by molar-refractivity contribution is 5.91. The number of nitrogens with one attached hydrogen (secondary N) is 1. The molecular weight excluding hydrogens is 410 g/mol. The summed E-state index contributed by atoms with van der Waals surface area (Å²) in [7, 11) is 1.68. The number of fused-ring (bicyclic) bond motifs is 1. The number of methoxy groups -OCH3 is 1. The fourth-order valence-electron chi connectivity index (χ4n) is 4.42. The van der Waals surface area contributed by atoms with Crippen molar-refractivity contribution in [2.45, 2.75) is 37.6 Å². The molecule has 1 N–H and O–H groups in total. The van der Waals surface area contributed by atoms with Crippen LogP contribution in [-0.4, -0.2) is 33.1 Å². The summed E-state index contributed by atoms with van der Waals surface area (Å²) in [4.78, 5) is 18.5. The second-order valence-electron chi connectivity index (χ2n) is 8.35. The third-order valence-electron chi connectivity index (χ3n) is 6.19. The molecule has 1 saturated carbocycles. The molecule has 0 spiro atoms. The quantitative estimate of drug-likeness (QED) is 0.415. The van der Waals surface area contributed by atoms with Gasteiger partial charge >= 0.3 is 0 Å². The molecule has 1 aliphatic carbocycles. The smallest absolute Gasteiger partial charge is 0.155 e. The number of rotatable bonds is 6. The van der Waals surface area contributed by atoms with Crippen LogP contribution in [0.2, 0.25) is 0 Å². The standard InChI is InChI=1S/C27H27N5O/c1-33-22-13-14-25-23(18-22)27(32-26(31-25)15-12-20-6-2-4-16-28-20)30-21-10-8-19(9-11-21)24-7-3-5-17-29-24/h2-7,12-19,21H,8-11H2,1H3,(H,30,31,32)/b15-12+. The van der Waals surface area contributed by atoms with Crippen LogP contribution in [-0.2, 0) is 0 Å². The van der Waals surface area contributed by atoms with Crippen LogP contribution in [0, 0.1) is 0 Å². The Labute approximate surface area is 193 Å². The number of hydrogen-bond acceptors (Lipinski definition) is 6. The Morgan fingerprint density at radius 3 is 2.42 bits per heavy atom. The molecule has 0 amide bonds. The van der Waals surface area contributed by atoms with E-state index >= 15 is 0 Å². The van der Waals surface area contributed by atoms with Gasteiger partial charge in [0.1, 0.15) is 11.6 Å². The molecule has 0 saturated heterocycles. The summed E-state index contributed by atoms with van der Waals surface area (Å²) in [5, 5.41) is 4.68. The van der Waals surface area contributed by atoms with Gasteiger partial charge in [0.15, 0.2) is 5.82 Å². The van der Waals surface area contributed by atoms with Crippen molar-refractivity contribution in [3.63, 3.8) is 0 Å². The van der Waals surface area contributed by atoms with E-state index in [1.165, 1.54) is 5.69 Å².